The SMILES string of the molecule is CCCC[C@H](CC)CNC(=O)C(=O)N[C@H]1CCCC[C@@H]1C. The van der Waals surface area contributed by atoms with E-state index in [1.807, 2.05) is 0 Å². The van der Waals surface area contributed by atoms with Crippen molar-refractivity contribution in [1.82, 2.24) is 10.6 Å². The van der Waals surface area contributed by atoms with E-state index in [0.29, 0.717) is 18.4 Å². The summed E-state index contributed by atoms with van der Waals surface area (Å²) in [6.45, 7) is 7.07. The van der Waals surface area contributed by atoms with Crippen molar-refractivity contribution in [1.29, 1.82) is 0 Å². The van der Waals surface area contributed by atoms with Crippen molar-refractivity contribution in [2.75, 3.05) is 6.54 Å². The Labute approximate surface area is 129 Å². The summed E-state index contributed by atoms with van der Waals surface area (Å²) in [5, 5.41) is 5.70. The van der Waals surface area contributed by atoms with Gasteiger partial charge in [-0.3, -0.25) is 9.59 Å². The van der Waals surface area contributed by atoms with Crippen LogP contribution < -0.4 is 10.6 Å². The fourth-order valence-electron chi connectivity index (χ4n) is 3.03. The average Bonchev–Trinajstić information content (AvgIpc) is 2.49. The van der Waals surface area contributed by atoms with Crippen molar-refractivity contribution in [3.05, 3.63) is 0 Å². The zero-order valence-corrected chi connectivity index (χ0v) is 13.9. The maximum atomic E-state index is 11.9. The fourth-order valence-corrected chi connectivity index (χ4v) is 3.03. The van der Waals surface area contributed by atoms with Crippen LogP contribution in [0, 0.1) is 11.8 Å². The summed E-state index contributed by atoms with van der Waals surface area (Å²) in [6, 6.07) is 0.166. The molecule has 0 unspecified atom stereocenters. The van der Waals surface area contributed by atoms with Crippen molar-refractivity contribution < 1.29 is 9.59 Å². The van der Waals surface area contributed by atoms with Crippen LogP contribution in [0.2, 0.25) is 0 Å². The Morgan fingerprint density at radius 1 is 1.14 bits per heavy atom. The molecule has 1 aliphatic carbocycles. The normalized spacial score (nSPS) is 23.4. The van der Waals surface area contributed by atoms with Crippen LogP contribution in [0.5, 0.6) is 0 Å². The molecule has 4 nitrogen and oxygen atoms in total. The van der Waals surface area contributed by atoms with Crippen LogP contribution in [0.25, 0.3) is 0 Å². The largest absolute Gasteiger partial charge is 0.348 e. The van der Waals surface area contributed by atoms with Crippen LogP contribution in [-0.2, 0) is 9.59 Å². The molecule has 0 spiro atoms. The molecule has 0 saturated heterocycles. The first-order valence-electron chi connectivity index (χ1n) is 8.67. The molecule has 0 aromatic carbocycles. The minimum atomic E-state index is -0.470. The lowest BCUT2D eigenvalue weighted by atomic mass is 9.86. The Hall–Kier alpha value is -1.06. The average molecular weight is 296 g/mol. The van der Waals surface area contributed by atoms with Gasteiger partial charge in [-0.25, -0.2) is 0 Å². The zero-order valence-electron chi connectivity index (χ0n) is 13.9. The lowest BCUT2D eigenvalue weighted by Crippen LogP contribution is -2.48. The second-order valence-corrected chi connectivity index (χ2v) is 6.47. The predicted molar refractivity (Wildman–Crippen MR) is 85.9 cm³/mol. The summed E-state index contributed by atoms with van der Waals surface area (Å²) >= 11 is 0. The van der Waals surface area contributed by atoms with Crippen molar-refractivity contribution >= 4 is 11.8 Å². The van der Waals surface area contributed by atoms with E-state index in [-0.39, 0.29) is 6.04 Å². The molecule has 1 fully saturated rings. The third-order valence-electron chi connectivity index (χ3n) is 4.73. The predicted octanol–water partition coefficient (Wildman–Crippen LogP) is 3.01. The van der Waals surface area contributed by atoms with Crippen LogP contribution in [0.4, 0.5) is 0 Å². The Balaban J connectivity index is 2.31. The van der Waals surface area contributed by atoms with Gasteiger partial charge in [0.05, 0.1) is 0 Å². The molecular formula is C17H32N2O2. The van der Waals surface area contributed by atoms with Gasteiger partial charge in [-0.2, -0.15) is 0 Å². The topological polar surface area (TPSA) is 58.2 Å². The summed E-state index contributed by atoms with van der Waals surface area (Å²) in [5.41, 5.74) is 0. The van der Waals surface area contributed by atoms with Crippen LogP contribution in [-0.4, -0.2) is 24.4 Å². The highest BCUT2D eigenvalue weighted by Gasteiger charge is 2.25. The highest BCUT2D eigenvalue weighted by molar-refractivity contribution is 6.35. The maximum absolute atomic E-state index is 11.9. The number of rotatable bonds is 7. The van der Waals surface area contributed by atoms with Gasteiger partial charge < -0.3 is 10.6 Å². The van der Waals surface area contributed by atoms with Crippen LogP contribution >= 0.6 is 0 Å². The molecule has 2 amide bonds. The maximum Gasteiger partial charge on any atom is 0.309 e. The van der Waals surface area contributed by atoms with Crippen molar-refractivity contribution in [3.8, 4) is 0 Å². The van der Waals surface area contributed by atoms with Crippen LogP contribution in [0.1, 0.15) is 72.1 Å². The highest BCUT2D eigenvalue weighted by Crippen LogP contribution is 2.23. The van der Waals surface area contributed by atoms with Gasteiger partial charge in [0.1, 0.15) is 0 Å². The summed E-state index contributed by atoms with van der Waals surface area (Å²) < 4.78 is 0. The first kappa shape index (κ1) is 18.0. The van der Waals surface area contributed by atoms with Crippen LogP contribution in [0.3, 0.4) is 0 Å². The molecule has 3 atom stereocenters. The van der Waals surface area contributed by atoms with E-state index in [9.17, 15) is 9.59 Å². The second kappa shape index (κ2) is 9.80. The van der Waals surface area contributed by atoms with Gasteiger partial charge in [0.2, 0.25) is 0 Å². The Bertz CT molecular complexity index is 331. The van der Waals surface area contributed by atoms with Gasteiger partial charge in [0.25, 0.3) is 0 Å². The molecule has 0 bridgehead atoms. The van der Waals surface area contributed by atoms with E-state index in [4.69, 9.17) is 0 Å². The van der Waals surface area contributed by atoms with Gasteiger partial charge in [-0.05, 0) is 31.1 Å². The minimum Gasteiger partial charge on any atom is -0.348 e. The highest BCUT2D eigenvalue weighted by atomic mass is 16.2. The van der Waals surface area contributed by atoms with Gasteiger partial charge in [0.15, 0.2) is 0 Å². The number of amides is 2. The Morgan fingerprint density at radius 3 is 2.48 bits per heavy atom. The van der Waals surface area contributed by atoms with Gasteiger partial charge in [-0.15, -0.1) is 0 Å². The fraction of sp³-hybridized carbons (Fsp3) is 0.882. The number of carbonyl (C=O) groups excluding carboxylic acids is 2. The molecular weight excluding hydrogens is 264 g/mol. The summed E-state index contributed by atoms with van der Waals surface area (Å²) in [6.07, 6.45) is 9.03. The monoisotopic (exact) mass is 296 g/mol. The van der Waals surface area contributed by atoms with Gasteiger partial charge in [-0.1, -0.05) is 52.9 Å². The Morgan fingerprint density at radius 2 is 1.86 bits per heavy atom. The van der Waals surface area contributed by atoms with E-state index in [0.717, 1.165) is 32.1 Å². The first-order chi connectivity index (χ1) is 10.1. The van der Waals surface area contributed by atoms with Crippen molar-refractivity contribution in [2.24, 2.45) is 11.8 Å². The van der Waals surface area contributed by atoms with E-state index >= 15 is 0 Å². The number of hydrogen-bond acceptors (Lipinski definition) is 2. The van der Waals surface area contributed by atoms with E-state index in [1.54, 1.807) is 0 Å². The van der Waals surface area contributed by atoms with E-state index in [1.165, 1.54) is 19.3 Å². The molecule has 0 heterocycles. The molecule has 2 N–H and O–H groups in total. The number of hydrogen-bond donors (Lipinski definition) is 2. The molecule has 1 rings (SSSR count). The molecule has 122 valence electrons. The molecule has 4 heteroatoms. The van der Waals surface area contributed by atoms with Crippen LogP contribution in [0.15, 0.2) is 0 Å². The molecule has 0 aromatic rings. The number of unbranched alkanes of at least 4 members (excludes halogenated alkanes) is 1. The third kappa shape index (κ3) is 6.49. The molecule has 21 heavy (non-hydrogen) atoms. The second-order valence-electron chi connectivity index (χ2n) is 6.47. The smallest absolute Gasteiger partial charge is 0.309 e. The molecule has 0 aromatic heterocycles. The van der Waals surface area contributed by atoms with Gasteiger partial charge in [0, 0.05) is 12.6 Å². The quantitative estimate of drug-likeness (QED) is 0.710. The molecule has 1 saturated carbocycles. The Kier molecular flexibility index (Phi) is 8.40. The van der Waals surface area contributed by atoms with Crippen molar-refractivity contribution in [3.63, 3.8) is 0 Å². The zero-order chi connectivity index (χ0) is 15.7. The number of nitrogens with one attached hydrogen (secondary N) is 2. The lowest BCUT2D eigenvalue weighted by molar-refractivity contribution is -0.140. The summed E-state index contributed by atoms with van der Waals surface area (Å²) in [4.78, 5) is 23.8. The summed E-state index contributed by atoms with van der Waals surface area (Å²) in [5.74, 6) is 0.0283. The van der Waals surface area contributed by atoms with Gasteiger partial charge >= 0.3 is 11.8 Å². The van der Waals surface area contributed by atoms with Crippen molar-refractivity contribution in [2.45, 2.75) is 78.2 Å². The standard InChI is InChI=1S/C17H32N2O2/c1-4-6-10-14(5-2)12-18-16(20)17(21)19-15-11-8-7-9-13(15)3/h13-15H,4-12H2,1-3H3,(H,18,20)(H,19,21)/t13-,14-,15-/m0/s1. The first-order valence-corrected chi connectivity index (χ1v) is 8.67. The molecule has 1 aliphatic rings. The molecule has 0 radical (unpaired) electrons. The summed E-state index contributed by atoms with van der Waals surface area (Å²) in [7, 11) is 0. The van der Waals surface area contributed by atoms with E-state index < -0.39 is 11.8 Å². The van der Waals surface area contributed by atoms with E-state index in [2.05, 4.69) is 31.4 Å². The number of carbonyl (C=O) groups is 2. The lowest BCUT2D eigenvalue weighted by Gasteiger charge is -2.29. The minimum absolute atomic E-state index is 0.166. The molecule has 0 aliphatic heterocycles. The third-order valence-corrected chi connectivity index (χ3v) is 4.73.